The predicted molar refractivity (Wildman–Crippen MR) is 107 cm³/mol. The van der Waals surface area contributed by atoms with Crippen molar-refractivity contribution < 1.29 is 27.8 Å². The van der Waals surface area contributed by atoms with Crippen molar-refractivity contribution in [1.82, 2.24) is 0 Å². The van der Waals surface area contributed by atoms with Gasteiger partial charge in [-0.25, -0.2) is 13.6 Å². The topological polar surface area (TPSA) is 94.6 Å². The summed E-state index contributed by atoms with van der Waals surface area (Å²) in [4.78, 5) is 12.7. The molecule has 8 heteroatoms. The fourth-order valence-electron chi connectivity index (χ4n) is 3.31. The van der Waals surface area contributed by atoms with Gasteiger partial charge in [-0.2, -0.15) is 5.26 Å². The van der Waals surface area contributed by atoms with Crippen LogP contribution >= 0.6 is 0 Å². The molecule has 0 saturated heterocycles. The first-order valence-corrected chi connectivity index (χ1v) is 9.48. The summed E-state index contributed by atoms with van der Waals surface area (Å²) >= 11 is 0. The van der Waals surface area contributed by atoms with Gasteiger partial charge in [-0.3, -0.25) is 0 Å². The maximum atomic E-state index is 14.0. The van der Waals surface area contributed by atoms with Crippen molar-refractivity contribution in [1.29, 1.82) is 5.26 Å². The van der Waals surface area contributed by atoms with Crippen molar-refractivity contribution in [3.63, 3.8) is 0 Å². The molecule has 1 heterocycles. The fourth-order valence-corrected chi connectivity index (χ4v) is 3.31. The summed E-state index contributed by atoms with van der Waals surface area (Å²) in [7, 11) is 0. The molecule has 0 fully saturated rings. The molecule has 0 aliphatic carbocycles. The molecule has 2 N–H and O–H groups in total. The third-order valence-electron chi connectivity index (χ3n) is 4.73. The lowest BCUT2D eigenvalue weighted by molar-refractivity contribution is -0.139. The van der Waals surface area contributed by atoms with Crippen LogP contribution in [0.5, 0.6) is 5.75 Å². The zero-order chi connectivity index (χ0) is 22.5. The SMILES string of the molecule is CCOC(=O)C1=C(C)OC(N)=C(C#N)C1c1ccc(F)cc1OCc1ccccc1F. The van der Waals surface area contributed by atoms with Gasteiger partial charge < -0.3 is 19.9 Å². The maximum absolute atomic E-state index is 14.0. The molecule has 1 unspecified atom stereocenters. The number of nitriles is 1. The Kier molecular flexibility index (Phi) is 6.55. The second-order valence-electron chi connectivity index (χ2n) is 6.68. The molecule has 1 aliphatic heterocycles. The molecule has 31 heavy (non-hydrogen) atoms. The number of halogens is 2. The van der Waals surface area contributed by atoms with Crippen molar-refractivity contribution in [2.75, 3.05) is 6.61 Å². The Labute approximate surface area is 178 Å². The quantitative estimate of drug-likeness (QED) is 0.696. The lowest BCUT2D eigenvalue weighted by Gasteiger charge is -2.28. The van der Waals surface area contributed by atoms with E-state index >= 15 is 0 Å². The molecular weight excluding hydrogens is 406 g/mol. The molecular formula is C23H20F2N2O4. The van der Waals surface area contributed by atoms with E-state index in [2.05, 4.69) is 0 Å². The number of hydrogen-bond acceptors (Lipinski definition) is 6. The first-order chi connectivity index (χ1) is 14.9. The van der Waals surface area contributed by atoms with Crippen molar-refractivity contribution >= 4 is 5.97 Å². The number of allylic oxidation sites excluding steroid dienone is 2. The highest BCUT2D eigenvalue weighted by atomic mass is 19.1. The number of ether oxygens (including phenoxy) is 3. The van der Waals surface area contributed by atoms with Gasteiger partial charge in [0.25, 0.3) is 0 Å². The fraction of sp³-hybridized carbons (Fsp3) is 0.217. The summed E-state index contributed by atoms with van der Waals surface area (Å²) in [6.07, 6.45) is 0. The summed E-state index contributed by atoms with van der Waals surface area (Å²) in [6, 6.07) is 11.6. The predicted octanol–water partition coefficient (Wildman–Crippen LogP) is 4.19. The molecule has 0 spiro atoms. The molecule has 0 amide bonds. The zero-order valence-corrected chi connectivity index (χ0v) is 16.9. The monoisotopic (exact) mass is 426 g/mol. The van der Waals surface area contributed by atoms with E-state index in [-0.39, 0.29) is 47.3 Å². The normalized spacial score (nSPS) is 15.9. The smallest absolute Gasteiger partial charge is 0.338 e. The van der Waals surface area contributed by atoms with Crippen LogP contribution in [0.15, 0.2) is 65.3 Å². The molecule has 1 aliphatic rings. The van der Waals surface area contributed by atoms with E-state index in [4.69, 9.17) is 19.9 Å². The van der Waals surface area contributed by atoms with E-state index in [1.165, 1.54) is 31.2 Å². The molecule has 160 valence electrons. The lowest BCUT2D eigenvalue weighted by Crippen LogP contribution is -2.26. The summed E-state index contributed by atoms with van der Waals surface area (Å²) in [5, 5.41) is 9.69. The Morgan fingerprint density at radius 2 is 2.00 bits per heavy atom. The zero-order valence-electron chi connectivity index (χ0n) is 16.9. The molecule has 1 atom stereocenters. The summed E-state index contributed by atoms with van der Waals surface area (Å²) in [6.45, 7) is 3.07. The van der Waals surface area contributed by atoms with E-state index in [0.29, 0.717) is 5.56 Å². The second kappa shape index (κ2) is 9.30. The highest BCUT2D eigenvalue weighted by Crippen LogP contribution is 2.43. The van der Waals surface area contributed by atoms with E-state index in [0.717, 1.165) is 6.07 Å². The van der Waals surface area contributed by atoms with Gasteiger partial charge in [-0.15, -0.1) is 0 Å². The van der Waals surface area contributed by atoms with Gasteiger partial charge >= 0.3 is 5.97 Å². The summed E-state index contributed by atoms with van der Waals surface area (Å²) < 4.78 is 44.3. The van der Waals surface area contributed by atoms with E-state index < -0.39 is 23.5 Å². The summed E-state index contributed by atoms with van der Waals surface area (Å²) in [5.74, 6) is -2.77. The number of rotatable bonds is 6. The van der Waals surface area contributed by atoms with Crippen LogP contribution in [0.4, 0.5) is 8.78 Å². The first kappa shape index (κ1) is 21.8. The minimum atomic E-state index is -1.01. The number of carbonyl (C=O) groups excluding carboxylic acids is 1. The molecule has 0 radical (unpaired) electrons. The lowest BCUT2D eigenvalue weighted by atomic mass is 9.82. The van der Waals surface area contributed by atoms with E-state index in [1.54, 1.807) is 19.1 Å². The number of nitrogens with two attached hydrogens (primary N) is 1. The minimum absolute atomic E-state index is 0.0327. The standard InChI is InChI=1S/C23H20F2N2O4/c1-3-29-23(28)20-13(2)31-22(27)17(11-26)21(20)16-9-8-15(24)10-19(16)30-12-14-6-4-5-7-18(14)25/h4-10,21H,3,12,27H2,1-2H3. The van der Waals surface area contributed by atoms with E-state index in [9.17, 15) is 18.8 Å². The average Bonchev–Trinajstić information content (AvgIpc) is 2.73. The van der Waals surface area contributed by atoms with Crippen LogP contribution in [-0.2, 0) is 20.9 Å². The van der Waals surface area contributed by atoms with Gasteiger partial charge in [0.1, 0.15) is 41.4 Å². The van der Waals surface area contributed by atoms with Crippen molar-refractivity contribution in [3.05, 3.63) is 88.0 Å². The van der Waals surface area contributed by atoms with Gasteiger partial charge in [0.15, 0.2) is 0 Å². The first-order valence-electron chi connectivity index (χ1n) is 9.48. The van der Waals surface area contributed by atoms with Crippen molar-refractivity contribution in [2.45, 2.75) is 26.4 Å². The van der Waals surface area contributed by atoms with Crippen LogP contribution in [0, 0.1) is 23.0 Å². The van der Waals surface area contributed by atoms with Crippen molar-refractivity contribution in [2.24, 2.45) is 5.73 Å². The largest absolute Gasteiger partial charge is 0.488 e. The van der Waals surface area contributed by atoms with Crippen LogP contribution in [0.25, 0.3) is 0 Å². The number of esters is 1. The van der Waals surface area contributed by atoms with Crippen LogP contribution in [0.3, 0.4) is 0 Å². The van der Waals surface area contributed by atoms with Gasteiger partial charge in [0.2, 0.25) is 5.88 Å². The van der Waals surface area contributed by atoms with Crippen LogP contribution in [0.1, 0.15) is 30.9 Å². The minimum Gasteiger partial charge on any atom is -0.488 e. The van der Waals surface area contributed by atoms with Gasteiger partial charge in [0, 0.05) is 17.2 Å². The Hall–Kier alpha value is -3.86. The van der Waals surface area contributed by atoms with Crippen molar-refractivity contribution in [3.8, 4) is 11.8 Å². The third kappa shape index (κ3) is 4.51. The van der Waals surface area contributed by atoms with Gasteiger partial charge in [-0.05, 0) is 26.0 Å². The molecule has 2 aromatic rings. The van der Waals surface area contributed by atoms with E-state index in [1.807, 2.05) is 6.07 Å². The molecule has 0 aromatic heterocycles. The molecule has 0 saturated carbocycles. The Balaban J connectivity index is 2.09. The van der Waals surface area contributed by atoms with Crippen LogP contribution in [-0.4, -0.2) is 12.6 Å². The third-order valence-corrected chi connectivity index (χ3v) is 4.73. The van der Waals surface area contributed by atoms with Gasteiger partial charge in [-0.1, -0.05) is 24.3 Å². The highest BCUT2D eigenvalue weighted by molar-refractivity contribution is 5.92. The highest BCUT2D eigenvalue weighted by Gasteiger charge is 2.38. The second-order valence-corrected chi connectivity index (χ2v) is 6.68. The number of benzene rings is 2. The maximum Gasteiger partial charge on any atom is 0.338 e. The Morgan fingerprint density at radius 3 is 2.68 bits per heavy atom. The molecule has 0 bridgehead atoms. The number of nitrogens with zero attached hydrogens (tertiary/aromatic N) is 1. The Bertz CT molecular complexity index is 1120. The number of hydrogen-bond donors (Lipinski definition) is 1. The molecule has 6 nitrogen and oxygen atoms in total. The number of carbonyl (C=O) groups is 1. The average molecular weight is 426 g/mol. The molecule has 2 aromatic carbocycles. The Morgan fingerprint density at radius 1 is 1.26 bits per heavy atom. The van der Waals surface area contributed by atoms with Crippen LogP contribution < -0.4 is 10.5 Å². The summed E-state index contributed by atoms with van der Waals surface area (Å²) in [5.41, 5.74) is 6.45. The van der Waals surface area contributed by atoms with Gasteiger partial charge in [0.05, 0.1) is 18.1 Å². The molecule has 3 rings (SSSR count). The van der Waals surface area contributed by atoms with Crippen LogP contribution in [0.2, 0.25) is 0 Å².